The zero-order valence-corrected chi connectivity index (χ0v) is 22.2. The molecule has 2 aliphatic rings. The van der Waals surface area contributed by atoms with Crippen molar-refractivity contribution in [2.45, 2.75) is 51.0 Å². The van der Waals surface area contributed by atoms with Gasteiger partial charge in [-0.1, -0.05) is 24.6 Å². The number of benzene rings is 1. The van der Waals surface area contributed by atoms with Gasteiger partial charge in [0, 0.05) is 12.0 Å². The van der Waals surface area contributed by atoms with Gasteiger partial charge in [0.1, 0.15) is 16.4 Å². The average molecular weight is 527 g/mol. The molecule has 0 radical (unpaired) electrons. The van der Waals surface area contributed by atoms with Gasteiger partial charge in [0.2, 0.25) is 5.78 Å². The van der Waals surface area contributed by atoms with E-state index in [2.05, 4.69) is 0 Å². The van der Waals surface area contributed by atoms with E-state index in [1.165, 1.54) is 32.2 Å². The molecule has 0 saturated heterocycles. The maximum Gasteiger partial charge on any atom is 0.339 e. The van der Waals surface area contributed by atoms with E-state index >= 15 is 0 Å². The lowest BCUT2D eigenvalue weighted by Crippen LogP contribution is -2.50. The quantitative estimate of drug-likeness (QED) is 0.512. The molecule has 0 fully saturated rings. The first kappa shape index (κ1) is 27.0. The van der Waals surface area contributed by atoms with Crippen molar-refractivity contribution in [1.82, 2.24) is 0 Å². The van der Waals surface area contributed by atoms with E-state index in [1.54, 1.807) is 26.0 Å². The number of hydrogen-bond donors (Lipinski definition) is 0. The van der Waals surface area contributed by atoms with E-state index in [0.717, 1.165) is 11.8 Å². The lowest BCUT2D eigenvalue weighted by molar-refractivity contribution is -0.144. The highest BCUT2D eigenvalue weighted by Crippen LogP contribution is 2.42. The standard InChI is InChI=1S/C24H30O9S2/c1-15-7-10-19(11-8-15)35(28,29)33-21-13-24(23(25)22(30-5)18(21)4)17(3)9-12-20(16(2)14-31-24)32-34(6,26)27/h7-8,10-11,13,17H,9,12,14H2,1-6H3/b20-16+. The van der Waals surface area contributed by atoms with Crippen LogP contribution < -0.4 is 0 Å². The summed E-state index contributed by atoms with van der Waals surface area (Å²) in [5, 5.41) is 0. The van der Waals surface area contributed by atoms with Crippen LogP contribution in [0.1, 0.15) is 39.2 Å². The molecule has 1 aliphatic heterocycles. The molecule has 1 aliphatic carbocycles. The summed E-state index contributed by atoms with van der Waals surface area (Å²) in [5.41, 5.74) is 0.0383. The Hall–Kier alpha value is -2.63. The van der Waals surface area contributed by atoms with Gasteiger partial charge in [0.05, 0.1) is 20.0 Å². The molecule has 11 heteroatoms. The molecule has 2 unspecified atom stereocenters. The number of rotatable bonds is 6. The highest BCUT2D eigenvalue weighted by Gasteiger charge is 2.50. The molecular weight excluding hydrogens is 496 g/mol. The first-order chi connectivity index (χ1) is 16.2. The van der Waals surface area contributed by atoms with Crippen LogP contribution in [0.15, 0.2) is 63.7 Å². The predicted octanol–water partition coefficient (Wildman–Crippen LogP) is 3.52. The lowest BCUT2D eigenvalue weighted by atomic mass is 9.76. The molecule has 1 heterocycles. The monoisotopic (exact) mass is 526 g/mol. The Bertz CT molecular complexity index is 1320. The number of methoxy groups -OCH3 is 1. The van der Waals surface area contributed by atoms with Crippen molar-refractivity contribution in [2.24, 2.45) is 5.92 Å². The summed E-state index contributed by atoms with van der Waals surface area (Å²) in [6.45, 7) is 6.67. The van der Waals surface area contributed by atoms with Crippen LogP contribution >= 0.6 is 0 Å². The molecule has 9 nitrogen and oxygen atoms in total. The number of ketones is 1. The number of ether oxygens (including phenoxy) is 2. The van der Waals surface area contributed by atoms with Crippen LogP contribution in [0.5, 0.6) is 0 Å². The maximum absolute atomic E-state index is 13.6. The smallest absolute Gasteiger partial charge is 0.339 e. The topological polar surface area (TPSA) is 122 Å². The highest BCUT2D eigenvalue weighted by atomic mass is 32.2. The molecule has 3 rings (SSSR count). The normalized spacial score (nSPS) is 26.2. The van der Waals surface area contributed by atoms with E-state index in [0.29, 0.717) is 12.0 Å². The minimum Gasteiger partial charge on any atom is -0.492 e. The fraction of sp³-hybridized carbons (Fsp3) is 0.458. The van der Waals surface area contributed by atoms with Gasteiger partial charge < -0.3 is 17.8 Å². The molecule has 192 valence electrons. The Morgan fingerprint density at radius 3 is 2.23 bits per heavy atom. The fourth-order valence-corrected chi connectivity index (χ4v) is 5.59. The van der Waals surface area contributed by atoms with Crippen LogP contribution in [-0.4, -0.2) is 48.2 Å². The molecule has 0 N–H and O–H groups in total. The van der Waals surface area contributed by atoms with Gasteiger partial charge >= 0.3 is 20.2 Å². The van der Waals surface area contributed by atoms with Crippen molar-refractivity contribution in [3.63, 3.8) is 0 Å². The van der Waals surface area contributed by atoms with Gasteiger partial charge in [0.15, 0.2) is 11.4 Å². The summed E-state index contributed by atoms with van der Waals surface area (Å²) in [7, 11) is -6.62. The van der Waals surface area contributed by atoms with Gasteiger partial charge in [0.25, 0.3) is 0 Å². The van der Waals surface area contributed by atoms with Crippen molar-refractivity contribution in [3.8, 4) is 0 Å². The van der Waals surface area contributed by atoms with Gasteiger partial charge in [-0.2, -0.15) is 16.8 Å². The van der Waals surface area contributed by atoms with Crippen LogP contribution in [0.4, 0.5) is 0 Å². The Morgan fingerprint density at radius 1 is 1.03 bits per heavy atom. The molecule has 0 amide bonds. The van der Waals surface area contributed by atoms with Gasteiger partial charge in [-0.15, -0.1) is 0 Å². The summed E-state index contributed by atoms with van der Waals surface area (Å²) in [6, 6.07) is 6.20. The second kappa shape index (κ2) is 9.79. The number of allylic oxidation sites excluding steroid dienone is 2. The zero-order valence-electron chi connectivity index (χ0n) is 20.6. The molecule has 0 saturated carbocycles. The fourth-order valence-electron chi connectivity index (χ4n) is 4.03. The van der Waals surface area contributed by atoms with Crippen LogP contribution in [0.25, 0.3) is 0 Å². The van der Waals surface area contributed by atoms with E-state index in [9.17, 15) is 21.6 Å². The summed E-state index contributed by atoms with van der Waals surface area (Å²) in [5.74, 6) is -0.837. The first-order valence-corrected chi connectivity index (χ1v) is 14.2. The molecule has 1 spiro atoms. The number of hydrogen-bond acceptors (Lipinski definition) is 9. The lowest BCUT2D eigenvalue weighted by Gasteiger charge is -2.40. The van der Waals surface area contributed by atoms with Crippen LogP contribution in [0, 0.1) is 12.8 Å². The van der Waals surface area contributed by atoms with Crippen molar-refractivity contribution < 1.29 is 39.5 Å². The Morgan fingerprint density at radius 2 is 1.66 bits per heavy atom. The molecule has 1 aromatic rings. The number of aryl methyl sites for hydroxylation is 1. The van der Waals surface area contributed by atoms with E-state index in [4.69, 9.17) is 17.8 Å². The van der Waals surface area contributed by atoms with Crippen LogP contribution in [-0.2, 0) is 42.9 Å². The molecule has 0 aromatic heterocycles. The van der Waals surface area contributed by atoms with Crippen molar-refractivity contribution >= 4 is 26.0 Å². The summed E-state index contributed by atoms with van der Waals surface area (Å²) < 4.78 is 71.4. The second-order valence-electron chi connectivity index (χ2n) is 8.86. The van der Waals surface area contributed by atoms with E-state index < -0.39 is 37.5 Å². The Balaban J connectivity index is 2.05. The molecule has 1 aromatic carbocycles. The number of carbonyl (C=O) groups is 1. The van der Waals surface area contributed by atoms with Crippen LogP contribution in [0.2, 0.25) is 0 Å². The van der Waals surface area contributed by atoms with Gasteiger partial charge in [-0.3, -0.25) is 4.79 Å². The molecule has 35 heavy (non-hydrogen) atoms. The third-order valence-corrected chi connectivity index (χ3v) is 7.87. The van der Waals surface area contributed by atoms with Crippen LogP contribution in [0.3, 0.4) is 0 Å². The van der Waals surface area contributed by atoms with Crippen molar-refractivity contribution in [3.05, 3.63) is 64.3 Å². The largest absolute Gasteiger partial charge is 0.492 e. The molecule has 0 bridgehead atoms. The third-order valence-electron chi connectivity index (χ3n) is 6.12. The first-order valence-electron chi connectivity index (χ1n) is 11.0. The van der Waals surface area contributed by atoms with E-state index in [-0.39, 0.29) is 40.8 Å². The Labute approximate surface area is 206 Å². The highest BCUT2D eigenvalue weighted by molar-refractivity contribution is 7.87. The van der Waals surface area contributed by atoms with E-state index in [1.807, 2.05) is 6.92 Å². The SMILES string of the molecule is COC1=C(C)C(OS(=O)(=O)c2ccc(C)cc2)=CC2(OC/C(C)=C(/OS(C)(=O)=O)CCC2C)C1=O. The zero-order chi connectivity index (χ0) is 26.2. The van der Waals surface area contributed by atoms with Gasteiger partial charge in [-0.05, 0) is 56.9 Å². The minimum atomic E-state index is -4.21. The predicted molar refractivity (Wildman–Crippen MR) is 128 cm³/mol. The number of carbonyl (C=O) groups excluding carboxylic acids is 1. The molecule has 2 atom stereocenters. The van der Waals surface area contributed by atoms with Crippen molar-refractivity contribution in [2.75, 3.05) is 20.0 Å². The molecular formula is C24H30O9S2. The maximum atomic E-state index is 13.6. The summed E-state index contributed by atoms with van der Waals surface area (Å²) >= 11 is 0. The Kier molecular flexibility index (Phi) is 7.54. The minimum absolute atomic E-state index is 0.0327. The second-order valence-corrected chi connectivity index (χ2v) is 12.0. The summed E-state index contributed by atoms with van der Waals surface area (Å²) in [4.78, 5) is 13.5. The average Bonchev–Trinajstić information content (AvgIpc) is 2.76. The summed E-state index contributed by atoms with van der Waals surface area (Å²) in [6.07, 6.45) is 2.91. The third kappa shape index (κ3) is 5.62. The van der Waals surface area contributed by atoms with Gasteiger partial charge in [-0.25, -0.2) is 0 Å². The number of Topliss-reactive ketones (excluding diaryl/α,β-unsaturated/α-hetero) is 1. The van der Waals surface area contributed by atoms with Crippen molar-refractivity contribution in [1.29, 1.82) is 0 Å².